The number of nitrogens with one attached hydrogen (secondary N) is 2. The molecule has 0 aliphatic heterocycles. The zero-order valence-corrected chi connectivity index (χ0v) is 14.2. The van der Waals surface area contributed by atoms with E-state index in [0.717, 1.165) is 23.4 Å². The molecule has 0 saturated carbocycles. The molecule has 0 bridgehead atoms. The molecule has 2 aromatic carbocycles. The predicted octanol–water partition coefficient (Wildman–Crippen LogP) is 4.40. The molecule has 7 heteroatoms. The summed E-state index contributed by atoms with van der Waals surface area (Å²) in [6, 6.07) is 9.89. The Balaban J connectivity index is 1.96. The number of halogens is 3. The molecule has 0 saturated heterocycles. The second-order valence-electron chi connectivity index (χ2n) is 5.90. The number of anilines is 2. The van der Waals surface area contributed by atoms with Gasteiger partial charge in [0.05, 0.1) is 5.56 Å². The molecule has 25 heavy (non-hydrogen) atoms. The van der Waals surface area contributed by atoms with E-state index < -0.39 is 17.8 Å². The lowest BCUT2D eigenvalue weighted by Gasteiger charge is -2.17. The number of benzene rings is 2. The van der Waals surface area contributed by atoms with E-state index in [1.807, 2.05) is 38.1 Å². The summed E-state index contributed by atoms with van der Waals surface area (Å²) >= 11 is 0. The van der Waals surface area contributed by atoms with Gasteiger partial charge in [-0.1, -0.05) is 12.1 Å². The molecule has 2 rings (SSSR count). The minimum atomic E-state index is -4.40. The number of nitrogens with zero attached hydrogens (tertiary/aromatic N) is 1. The van der Waals surface area contributed by atoms with Gasteiger partial charge in [0.25, 0.3) is 0 Å². The van der Waals surface area contributed by atoms with Gasteiger partial charge in [-0.25, -0.2) is 4.79 Å². The van der Waals surface area contributed by atoms with Crippen molar-refractivity contribution in [3.8, 4) is 0 Å². The first kappa shape index (κ1) is 18.6. The van der Waals surface area contributed by atoms with E-state index >= 15 is 0 Å². The fourth-order valence-corrected chi connectivity index (χ4v) is 2.45. The highest BCUT2D eigenvalue weighted by molar-refractivity contribution is 5.89. The van der Waals surface area contributed by atoms with Gasteiger partial charge in [-0.2, -0.15) is 13.2 Å². The van der Waals surface area contributed by atoms with Crippen LogP contribution in [0.5, 0.6) is 0 Å². The maximum Gasteiger partial charge on any atom is 0.416 e. The number of carbonyl (C=O) groups is 1. The summed E-state index contributed by atoms with van der Waals surface area (Å²) in [5.74, 6) is 0. The lowest BCUT2D eigenvalue weighted by atomic mass is 10.1. The molecule has 0 aliphatic rings. The minimum absolute atomic E-state index is 0.00448. The monoisotopic (exact) mass is 351 g/mol. The molecule has 0 heterocycles. The highest BCUT2D eigenvalue weighted by atomic mass is 19.4. The van der Waals surface area contributed by atoms with Crippen molar-refractivity contribution in [2.24, 2.45) is 0 Å². The average molecular weight is 351 g/mol. The third-order valence-electron chi connectivity index (χ3n) is 3.64. The number of alkyl halides is 3. The number of hydrogen-bond acceptors (Lipinski definition) is 2. The van der Waals surface area contributed by atoms with Crippen molar-refractivity contribution in [3.63, 3.8) is 0 Å². The lowest BCUT2D eigenvalue weighted by Crippen LogP contribution is -2.28. The molecule has 134 valence electrons. The molecule has 2 aromatic rings. The third-order valence-corrected chi connectivity index (χ3v) is 3.64. The van der Waals surface area contributed by atoms with E-state index in [1.165, 1.54) is 12.1 Å². The van der Waals surface area contributed by atoms with Gasteiger partial charge >= 0.3 is 12.2 Å². The summed E-state index contributed by atoms with van der Waals surface area (Å²) in [6.45, 7) is 1.94. The van der Waals surface area contributed by atoms with Gasteiger partial charge in [-0.05, 0) is 48.4 Å². The summed E-state index contributed by atoms with van der Waals surface area (Å²) in [7, 11) is 3.86. The molecule has 0 atom stereocenters. The number of urea groups is 1. The van der Waals surface area contributed by atoms with Crippen molar-refractivity contribution >= 4 is 17.4 Å². The Morgan fingerprint density at radius 2 is 1.84 bits per heavy atom. The maximum atomic E-state index is 12.7. The molecular weight excluding hydrogens is 331 g/mol. The second kappa shape index (κ2) is 7.46. The van der Waals surface area contributed by atoms with Crippen LogP contribution in [0, 0.1) is 6.92 Å². The average Bonchev–Trinajstić information content (AvgIpc) is 2.52. The van der Waals surface area contributed by atoms with Crippen LogP contribution < -0.4 is 15.5 Å². The van der Waals surface area contributed by atoms with Crippen LogP contribution in [0.1, 0.15) is 16.7 Å². The van der Waals surface area contributed by atoms with E-state index in [4.69, 9.17) is 0 Å². The van der Waals surface area contributed by atoms with Gasteiger partial charge in [0, 0.05) is 32.0 Å². The van der Waals surface area contributed by atoms with Gasteiger partial charge in [-0.3, -0.25) is 0 Å². The van der Waals surface area contributed by atoms with Crippen molar-refractivity contribution in [1.29, 1.82) is 0 Å². The number of amides is 2. The molecule has 0 aromatic heterocycles. The molecule has 0 spiro atoms. The largest absolute Gasteiger partial charge is 0.416 e. The third kappa shape index (κ3) is 5.14. The van der Waals surface area contributed by atoms with Gasteiger partial charge < -0.3 is 15.5 Å². The topological polar surface area (TPSA) is 44.4 Å². The number of rotatable bonds is 4. The Kier molecular flexibility index (Phi) is 5.56. The summed E-state index contributed by atoms with van der Waals surface area (Å²) < 4.78 is 38.0. The highest BCUT2D eigenvalue weighted by Gasteiger charge is 2.30. The van der Waals surface area contributed by atoms with Crippen LogP contribution in [0.25, 0.3) is 0 Å². The van der Waals surface area contributed by atoms with Crippen LogP contribution >= 0.6 is 0 Å². The maximum absolute atomic E-state index is 12.7. The van der Waals surface area contributed by atoms with Gasteiger partial charge in [0.15, 0.2) is 0 Å². The lowest BCUT2D eigenvalue weighted by molar-refractivity contribution is -0.137. The van der Waals surface area contributed by atoms with E-state index in [1.54, 1.807) is 6.07 Å². The molecule has 2 amide bonds. The first-order chi connectivity index (χ1) is 11.7. The minimum Gasteiger partial charge on any atom is -0.377 e. The van der Waals surface area contributed by atoms with E-state index in [9.17, 15) is 18.0 Å². The van der Waals surface area contributed by atoms with Crippen molar-refractivity contribution in [1.82, 2.24) is 5.32 Å². The van der Waals surface area contributed by atoms with E-state index in [2.05, 4.69) is 10.6 Å². The number of hydrogen-bond donors (Lipinski definition) is 2. The number of aryl methyl sites for hydroxylation is 1. The van der Waals surface area contributed by atoms with Crippen LogP contribution in [-0.4, -0.2) is 20.1 Å². The first-order valence-corrected chi connectivity index (χ1v) is 7.66. The Morgan fingerprint density at radius 1 is 1.12 bits per heavy atom. The van der Waals surface area contributed by atoms with Crippen LogP contribution in [0.4, 0.5) is 29.3 Å². The zero-order valence-electron chi connectivity index (χ0n) is 14.2. The Labute approximate surface area is 144 Å². The van der Waals surface area contributed by atoms with Gasteiger partial charge in [0.2, 0.25) is 0 Å². The second-order valence-corrected chi connectivity index (χ2v) is 5.90. The first-order valence-electron chi connectivity index (χ1n) is 7.66. The zero-order chi connectivity index (χ0) is 18.6. The Morgan fingerprint density at radius 3 is 2.44 bits per heavy atom. The summed E-state index contributed by atoms with van der Waals surface area (Å²) in [5.41, 5.74) is 2.30. The van der Waals surface area contributed by atoms with Crippen LogP contribution in [0.15, 0.2) is 42.5 Å². The molecule has 0 aliphatic carbocycles. The van der Waals surface area contributed by atoms with Crippen molar-refractivity contribution in [2.45, 2.75) is 19.6 Å². The molecule has 2 N–H and O–H groups in total. The fraction of sp³-hybridized carbons (Fsp3) is 0.278. The van der Waals surface area contributed by atoms with Crippen LogP contribution in [-0.2, 0) is 12.7 Å². The molecule has 0 radical (unpaired) electrons. The normalized spacial score (nSPS) is 11.1. The van der Waals surface area contributed by atoms with Crippen molar-refractivity contribution in [3.05, 3.63) is 59.2 Å². The summed E-state index contributed by atoms with van der Waals surface area (Å²) in [6.07, 6.45) is -4.40. The highest BCUT2D eigenvalue weighted by Crippen LogP contribution is 2.29. The number of carbonyl (C=O) groups excluding carboxylic acids is 1. The van der Waals surface area contributed by atoms with Gasteiger partial charge in [0.1, 0.15) is 0 Å². The predicted molar refractivity (Wildman–Crippen MR) is 92.8 cm³/mol. The van der Waals surface area contributed by atoms with Crippen LogP contribution in [0.3, 0.4) is 0 Å². The van der Waals surface area contributed by atoms with E-state index in [-0.39, 0.29) is 6.54 Å². The molecule has 0 unspecified atom stereocenters. The smallest absolute Gasteiger partial charge is 0.377 e. The Hall–Kier alpha value is -2.70. The molecule has 4 nitrogen and oxygen atoms in total. The Bertz CT molecular complexity index is 757. The summed E-state index contributed by atoms with van der Waals surface area (Å²) in [4.78, 5) is 13.9. The van der Waals surface area contributed by atoms with Gasteiger partial charge in [-0.15, -0.1) is 0 Å². The SMILES string of the molecule is Cc1cc(NC(=O)NCc2cccc(C(F)(F)F)c2)ccc1N(C)C. The molecule has 0 fully saturated rings. The molecular formula is C18H20F3N3O. The van der Waals surface area contributed by atoms with E-state index in [0.29, 0.717) is 11.3 Å². The summed E-state index contributed by atoms with van der Waals surface area (Å²) in [5, 5.41) is 5.23. The van der Waals surface area contributed by atoms with Crippen molar-refractivity contribution in [2.75, 3.05) is 24.3 Å². The van der Waals surface area contributed by atoms with Crippen LogP contribution in [0.2, 0.25) is 0 Å². The van der Waals surface area contributed by atoms with Crippen molar-refractivity contribution < 1.29 is 18.0 Å². The standard InChI is InChI=1S/C18H20F3N3O/c1-12-9-15(7-8-16(12)24(2)3)23-17(25)22-11-13-5-4-6-14(10-13)18(19,20)21/h4-10H,11H2,1-3H3,(H2,22,23,25). The fourth-order valence-electron chi connectivity index (χ4n) is 2.45. The quantitative estimate of drug-likeness (QED) is 0.857.